The molecule has 88 valence electrons. The Kier molecular flexibility index (Phi) is 3.82. The molecule has 0 saturated carbocycles. The third-order valence-corrected chi connectivity index (χ3v) is 6.94. The minimum Gasteiger partial charge on any atom is -0.379 e. The van der Waals surface area contributed by atoms with Crippen LogP contribution in [0, 0.1) is 0 Å². The topological polar surface area (TPSA) is 9.23 Å². The Bertz CT molecular complexity index is 315. The van der Waals surface area contributed by atoms with E-state index in [0.717, 1.165) is 6.61 Å². The molecule has 1 aromatic carbocycles. The smallest absolute Gasteiger partial charge is 0.0831 e. The lowest BCUT2D eigenvalue weighted by Gasteiger charge is -2.30. The third kappa shape index (κ3) is 2.95. The zero-order valence-electron chi connectivity index (χ0n) is 10.4. The van der Waals surface area contributed by atoms with Crippen molar-refractivity contribution in [1.29, 1.82) is 0 Å². The van der Waals surface area contributed by atoms with Gasteiger partial charge < -0.3 is 4.74 Å². The molecule has 0 bridgehead atoms. The molecular formula is C14H22OSi. The molecule has 1 saturated heterocycles. The minimum atomic E-state index is -1.29. The molecule has 0 amide bonds. The quantitative estimate of drug-likeness (QED) is 0.730. The molecule has 16 heavy (non-hydrogen) atoms. The first-order valence-electron chi connectivity index (χ1n) is 6.36. The van der Waals surface area contributed by atoms with Crippen LogP contribution < -0.4 is 5.19 Å². The number of rotatable bonds is 3. The van der Waals surface area contributed by atoms with Crippen LogP contribution in [0.3, 0.4) is 0 Å². The first-order valence-corrected chi connectivity index (χ1v) is 9.56. The summed E-state index contributed by atoms with van der Waals surface area (Å²) in [6.07, 6.45) is 4.40. The Morgan fingerprint density at radius 3 is 2.56 bits per heavy atom. The molecule has 0 aromatic heterocycles. The molecule has 1 unspecified atom stereocenters. The predicted octanol–water partition coefficient (Wildman–Crippen LogP) is 3.17. The normalized spacial score (nSPS) is 22.0. The molecule has 1 nitrogen and oxygen atoms in total. The van der Waals surface area contributed by atoms with Crippen LogP contribution in [0.25, 0.3) is 0 Å². The Morgan fingerprint density at radius 2 is 1.94 bits per heavy atom. The predicted molar refractivity (Wildman–Crippen MR) is 72.0 cm³/mol. The van der Waals surface area contributed by atoms with E-state index >= 15 is 0 Å². The van der Waals surface area contributed by atoms with Crippen molar-refractivity contribution in [3.8, 4) is 0 Å². The summed E-state index contributed by atoms with van der Waals surface area (Å²) >= 11 is 0. The van der Waals surface area contributed by atoms with Gasteiger partial charge in [-0.05, 0) is 25.3 Å². The van der Waals surface area contributed by atoms with Crippen LogP contribution in [-0.2, 0) is 4.74 Å². The van der Waals surface area contributed by atoms with E-state index in [9.17, 15) is 0 Å². The Labute approximate surface area is 99.8 Å². The molecule has 1 atom stereocenters. The zero-order valence-corrected chi connectivity index (χ0v) is 11.4. The highest BCUT2D eigenvalue weighted by atomic mass is 28.3. The fraction of sp³-hybridized carbons (Fsp3) is 0.571. The average Bonchev–Trinajstić information content (AvgIpc) is 2.31. The molecule has 1 heterocycles. The largest absolute Gasteiger partial charge is 0.379 e. The lowest BCUT2D eigenvalue weighted by atomic mass is 10.1. The number of benzene rings is 1. The van der Waals surface area contributed by atoms with E-state index in [1.165, 1.54) is 25.3 Å². The highest BCUT2D eigenvalue weighted by Gasteiger charge is 2.28. The van der Waals surface area contributed by atoms with Gasteiger partial charge in [-0.2, -0.15) is 0 Å². The van der Waals surface area contributed by atoms with Crippen LogP contribution >= 0.6 is 0 Å². The molecule has 2 heteroatoms. The van der Waals surface area contributed by atoms with Crippen LogP contribution in [-0.4, -0.2) is 20.8 Å². The van der Waals surface area contributed by atoms with Gasteiger partial charge in [0.15, 0.2) is 0 Å². The van der Waals surface area contributed by atoms with Crippen molar-refractivity contribution in [2.75, 3.05) is 6.61 Å². The maximum atomic E-state index is 5.87. The molecule has 0 radical (unpaired) electrons. The Balaban J connectivity index is 2.01. The van der Waals surface area contributed by atoms with Gasteiger partial charge in [0.05, 0.1) is 14.2 Å². The SMILES string of the molecule is C[Si](C)(CC1CCCCO1)c1ccccc1. The highest BCUT2D eigenvalue weighted by Crippen LogP contribution is 2.22. The summed E-state index contributed by atoms with van der Waals surface area (Å²) in [7, 11) is -1.29. The van der Waals surface area contributed by atoms with E-state index in [4.69, 9.17) is 4.74 Å². The summed E-state index contributed by atoms with van der Waals surface area (Å²) in [5.41, 5.74) is 0. The van der Waals surface area contributed by atoms with Crippen molar-refractivity contribution >= 4 is 13.3 Å². The average molecular weight is 234 g/mol. The second-order valence-corrected chi connectivity index (χ2v) is 10.2. The highest BCUT2D eigenvalue weighted by molar-refractivity contribution is 6.89. The first kappa shape index (κ1) is 11.9. The molecule has 2 rings (SSSR count). The summed E-state index contributed by atoms with van der Waals surface area (Å²) in [4.78, 5) is 0. The summed E-state index contributed by atoms with van der Waals surface area (Å²) in [6.45, 7) is 5.89. The fourth-order valence-electron chi connectivity index (χ4n) is 2.54. The van der Waals surface area contributed by atoms with Gasteiger partial charge in [0.25, 0.3) is 0 Å². The van der Waals surface area contributed by atoms with Gasteiger partial charge in [0, 0.05) is 6.61 Å². The number of hydrogen-bond acceptors (Lipinski definition) is 1. The van der Waals surface area contributed by atoms with Crippen molar-refractivity contribution in [1.82, 2.24) is 0 Å². The maximum absolute atomic E-state index is 5.87. The van der Waals surface area contributed by atoms with Crippen LogP contribution in [0.5, 0.6) is 0 Å². The van der Waals surface area contributed by atoms with Gasteiger partial charge in [-0.25, -0.2) is 0 Å². The Hall–Kier alpha value is -0.603. The lowest BCUT2D eigenvalue weighted by Crippen LogP contribution is -2.44. The lowest BCUT2D eigenvalue weighted by molar-refractivity contribution is 0.0278. The van der Waals surface area contributed by atoms with Gasteiger partial charge >= 0.3 is 0 Å². The first-order chi connectivity index (χ1) is 7.68. The number of hydrogen-bond donors (Lipinski definition) is 0. The third-order valence-electron chi connectivity index (χ3n) is 3.57. The molecule has 1 aliphatic heterocycles. The maximum Gasteiger partial charge on any atom is 0.0831 e. The van der Waals surface area contributed by atoms with Crippen molar-refractivity contribution in [2.45, 2.75) is 44.5 Å². The minimum absolute atomic E-state index is 0.524. The summed E-state index contributed by atoms with van der Waals surface area (Å²) < 4.78 is 5.87. The van der Waals surface area contributed by atoms with Gasteiger partial charge in [-0.3, -0.25) is 0 Å². The molecule has 0 N–H and O–H groups in total. The van der Waals surface area contributed by atoms with E-state index in [-0.39, 0.29) is 0 Å². The molecular weight excluding hydrogens is 212 g/mol. The van der Waals surface area contributed by atoms with E-state index in [2.05, 4.69) is 43.4 Å². The molecule has 0 aliphatic carbocycles. The van der Waals surface area contributed by atoms with Gasteiger partial charge in [-0.1, -0.05) is 48.6 Å². The van der Waals surface area contributed by atoms with Gasteiger partial charge in [0.2, 0.25) is 0 Å². The van der Waals surface area contributed by atoms with Crippen molar-refractivity contribution in [3.63, 3.8) is 0 Å². The van der Waals surface area contributed by atoms with Crippen LogP contribution in [0.4, 0.5) is 0 Å². The van der Waals surface area contributed by atoms with Crippen LogP contribution in [0.15, 0.2) is 30.3 Å². The molecule has 1 aliphatic rings. The van der Waals surface area contributed by atoms with Crippen LogP contribution in [0.1, 0.15) is 19.3 Å². The monoisotopic (exact) mass is 234 g/mol. The zero-order chi connectivity index (χ0) is 11.4. The van der Waals surface area contributed by atoms with E-state index in [1.807, 2.05) is 0 Å². The van der Waals surface area contributed by atoms with Gasteiger partial charge in [0.1, 0.15) is 0 Å². The molecule has 0 spiro atoms. The summed E-state index contributed by atoms with van der Waals surface area (Å²) in [6, 6.07) is 12.3. The van der Waals surface area contributed by atoms with E-state index in [1.54, 1.807) is 5.19 Å². The fourth-order valence-corrected chi connectivity index (χ4v) is 5.34. The molecule has 1 fully saturated rings. The van der Waals surface area contributed by atoms with E-state index in [0.29, 0.717) is 6.10 Å². The second kappa shape index (κ2) is 5.15. The Morgan fingerprint density at radius 1 is 1.19 bits per heavy atom. The second-order valence-electron chi connectivity index (χ2n) is 5.44. The van der Waals surface area contributed by atoms with Crippen molar-refractivity contribution in [2.24, 2.45) is 0 Å². The van der Waals surface area contributed by atoms with Crippen molar-refractivity contribution < 1.29 is 4.74 Å². The van der Waals surface area contributed by atoms with Crippen LogP contribution in [0.2, 0.25) is 19.1 Å². The van der Waals surface area contributed by atoms with E-state index < -0.39 is 8.07 Å². The van der Waals surface area contributed by atoms with Crippen molar-refractivity contribution in [3.05, 3.63) is 30.3 Å². The summed E-state index contributed by atoms with van der Waals surface area (Å²) in [5, 5.41) is 1.56. The standard InChI is InChI=1S/C14H22OSi/c1-16(2,14-9-4-3-5-10-14)12-13-8-6-7-11-15-13/h3-5,9-10,13H,6-8,11-12H2,1-2H3. The summed E-state index contributed by atoms with van der Waals surface area (Å²) in [5.74, 6) is 0. The number of ether oxygens (including phenoxy) is 1. The van der Waals surface area contributed by atoms with Gasteiger partial charge in [-0.15, -0.1) is 0 Å². The molecule has 1 aromatic rings.